The van der Waals surface area contributed by atoms with Crippen LogP contribution in [0.25, 0.3) is 17.0 Å². The predicted molar refractivity (Wildman–Crippen MR) is 138 cm³/mol. The Hall–Kier alpha value is -3.52. The van der Waals surface area contributed by atoms with E-state index in [-0.39, 0.29) is 35.1 Å². The first-order chi connectivity index (χ1) is 17.8. The first-order valence-corrected chi connectivity index (χ1v) is 12.8. The lowest BCUT2D eigenvalue weighted by atomic mass is 9.86. The van der Waals surface area contributed by atoms with Crippen LogP contribution in [0.2, 0.25) is 0 Å². The molecule has 0 radical (unpaired) electrons. The zero-order valence-electron chi connectivity index (χ0n) is 21.5. The van der Waals surface area contributed by atoms with Crippen LogP contribution < -0.4 is 5.56 Å². The molecule has 1 aromatic carbocycles. The molecule has 0 spiro atoms. The number of rotatable bonds is 5. The number of aryl methyl sites for hydroxylation is 2. The minimum atomic E-state index is -0.777. The molecular weight excluding hydrogens is 474 g/mol. The number of nitrogens with zero attached hydrogens (tertiary/aromatic N) is 4. The molecule has 3 atom stereocenters. The maximum atomic E-state index is 15.0. The Kier molecular flexibility index (Phi) is 6.86. The maximum Gasteiger partial charge on any atom is 0.263 e. The topological polar surface area (TPSA) is 69.4 Å². The minimum Gasteiger partial charge on any atom is -0.371 e. The summed E-state index contributed by atoms with van der Waals surface area (Å²) in [5, 5.41) is 0. The molecule has 1 aliphatic heterocycles. The highest BCUT2D eigenvalue weighted by atomic mass is 19.1. The van der Waals surface area contributed by atoms with E-state index < -0.39 is 11.6 Å². The van der Waals surface area contributed by atoms with Crippen LogP contribution in [0.3, 0.4) is 0 Å². The van der Waals surface area contributed by atoms with Crippen molar-refractivity contribution in [3.8, 4) is 11.4 Å². The summed E-state index contributed by atoms with van der Waals surface area (Å²) in [6.07, 6.45) is 4.07. The number of hydrogen-bond acceptors (Lipinski definition) is 5. The van der Waals surface area contributed by atoms with Crippen molar-refractivity contribution in [1.29, 1.82) is 0 Å². The first-order valence-electron chi connectivity index (χ1n) is 12.8. The molecule has 6 nitrogen and oxygen atoms in total. The molecule has 0 saturated carbocycles. The standard InChI is InChI=1S/C29H30F2N4O2/c1-5-21-24(6-2)33-27-15-25(19-12-17(4)37-26(13-19)18-9-10-32-16(3)11-18)34-28(35(27)29(21)36)22-8-7-20(30)14-23(22)31/h7-11,14-15,17,19,26H,5-6,12-13H2,1-4H3. The van der Waals surface area contributed by atoms with E-state index in [1.54, 1.807) is 6.20 Å². The molecule has 0 N–H and O–H groups in total. The Morgan fingerprint density at radius 3 is 2.57 bits per heavy atom. The molecule has 5 rings (SSSR count). The molecule has 0 bridgehead atoms. The molecule has 1 saturated heterocycles. The van der Waals surface area contributed by atoms with Crippen LogP contribution in [-0.2, 0) is 17.6 Å². The zero-order valence-corrected chi connectivity index (χ0v) is 21.5. The van der Waals surface area contributed by atoms with Gasteiger partial charge in [-0.3, -0.25) is 9.78 Å². The number of pyridine rings is 1. The predicted octanol–water partition coefficient (Wildman–Crippen LogP) is 5.89. The summed E-state index contributed by atoms with van der Waals surface area (Å²) in [5.74, 6) is -1.35. The number of halogens is 2. The number of ether oxygens (including phenoxy) is 1. The molecule has 1 fully saturated rings. The van der Waals surface area contributed by atoms with Crippen molar-refractivity contribution in [2.45, 2.75) is 71.5 Å². The summed E-state index contributed by atoms with van der Waals surface area (Å²) >= 11 is 0. The van der Waals surface area contributed by atoms with Crippen LogP contribution in [0.1, 0.15) is 73.8 Å². The lowest BCUT2D eigenvalue weighted by Gasteiger charge is -2.34. The second kappa shape index (κ2) is 10.1. The minimum absolute atomic E-state index is 0.0117. The Balaban J connectivity index is 1.70. The van der Waals surface area contributed by atoms with Crippen molar-refractivity contribution in [2.24, 2.45) is 0 Å². The normalized spacial score (nSPS) is 19.9. The summed E-state index contributed by atoms with van der Waals surface area (Å²) < 4.78 is 36.4. The van der Waals surface area contributed by atoms with Crippen LogP contribution in [0.15, 0.2) is 47.4 Å². The molecule has 4 aromatic rings. The number of hydrogen-bond donors (Lipinski definition) is 0. The smallest absolute Gasteiger partial charge is 0.263 e. The molecule has 1 aliphatic rings. The summed E-state index contributed by atoms with van der Waals surface area (Å²) in [4.78, 5) is 27.5. The van der Waals surface area contributed by atoms with Gasteiger partial charge in [0.25, 0.3) is 5.56 Å². The SMILES string of the molecule is CCc1nc2cc(C3CC(C)OC(c4ccnc(C)c4)C3)nc(-c3ccc(F)cc3F)n2c(=O)c1CC. The highest BCUT2D eigenvalue weighted by Gasteiger charge is 2.31. The van der Waals surface area contributed by atoms with E-state index in [0.717, 1.165) is 23.0 Å². The highest BCUT2D eigenvalue weighted by molar-refractivity contribution is 5.61. The molecule has 37 heavy (non-hydrogen) atoms. The van der Waals surface area contributed by atoms with E-state index in [0.29, 0.717) is 42.6 Å². The van der Waals surface area contributed by atoms with Crippen LogP contribution in [0, 0.1) is 18.6 Å². The van der Waals surface area contributed by atoms with Gasteiger partial charge in [0, 0.05) is 41.2 Å². The molecule has 0 aliphatic carbocycles. The Morgan fingerprint density at radius 2 is 1.86 bits per heavy atom. The molecule has 0 amide bonds. The van der Waals surface area contributed by atoms with E-state index in [1.807, 2.05) is 45.9 Å². The number of benzene rings is 1. The quantitative estimate of drug-likeness (QED) is 0.339. The third kappa shape index (κ3) is 4.78. The summed E-state index contributed by atoms with van der Waals surface area (Å²) in [7, 11) is 0. The fourth-order valence-electron chi connectivity index (χ4n) is 5.34. The van der Waals surface area contributed by atoms with Gasteiger partial charge in [-0.15, -0.1) is 0 Å². The Bertz CT molecular complexity index is 1530. The second-order valence-corrected chi connectivity index (χ2v) is 9.71. The van der Waals surface area contributed by atoms with Gasteiger partial charge in [0.2, 0.25) is 0 Å². The Morgan fingerprint density at radius 1 is 1.05 bits per heavy atom. The van der Waals surface area contributed by atoms with E-state index in [9.17, 15) is 9.18 Å². The lowest BCUT2D eigenvalue weighted by molar-refractivity contribution is -0.0506. The molecule has 3 aromatic heterocycles. The van der Waals surface area contributed by atoms with Crippen molar-refractivity contribution in [2.75, 3.05) is 0 Å². The van der Waals surface area contributed by atoms with Gasteiger partial charge in [0.15, 0.2) is 5.82 Å². The Labute approximate surface area is 214 Å². The molecular formula is C29H30F2N4O2. The average molecular weight is 505 g/mol. The summed E-state index contributed by atoms with van der Waals surface area (Å²) in [6.45, 7) is 7.83. The van der Waals surface area contributed by atoms with Crippen molar-refractivity contribution in [3.63, 3.8) is 0 Å². The van der Waals surface area contributed by atoms with Gasteiger partial charge in [0.1, 0.15) is 17.3 Å². The number of fused-ring (bicyclic) bond motifs is 1. The third-order valence-electron chi connectivity index (χ3n) is 7.09. The first kappa shape index (κ1) is 25.1. The van der Waals surface area contributed by atoms with E-state index >= 15 is 4.39 Å². The lowest BCUT2D eigenvalue weighted by Crippen LogP contribution is -2.28. The van der Waals surface area contributed by atoms with Crippen LogP contribution in [0.5, 0.6) is 0 Å². The van der Waals surface area contributed by atoms with Gasteiger partial charge in [-0.25, -0.2) is 23.1 Å². The van der Waals surface area contributed by atoms with Gasteiger partial charge in [0.05, 0.1) is 23.5 Å². The van der Waals surface area contributed by atoms with E-state index in [2.05, 4.69) is 4.98 Å². The van der Waals surface area contributed by atoms with Gasteiger partial charge in [-0.1, -0.05) is 13.8 Å². The van der Waals surface area contributed by atoms with Gasteiger partial charge >= 0.3 is 0 Å². The highest BCUT2D eigenvalue weighted by Crippen LogP contribution is 2.40. The average Bonchev–Trinajstić information content (AvgIpc) is 2.87. The molecule has 4 heterocycles. The van der Waals surface area contributed by atoms with Gasteiger partial charge in [-0.2, -0.15) is 0 Å². The molecule has 8 heteroatoms. The number of aromatic nitrogens is 4. The third-order valence-corrected chi connectivity index (χ3v) is 7.09. The van der Waals surface area contributed by atoms with E-state index in [1.165, 1.54) is 16.5 Å². The van der Waals surface area contributed by atoms with Crippen molar-refractivity contribution in [3.05, 3.63) is 92.8 Å². The summed E-state index contributed by atoms with van der Waals surface area (Å²) in [5.41, 5.74) is 4.17. The summed E-state index contributed by atoms with van der Waals surface area (Å²) in [6, 6.07) is 9.14. The van der Waals surface area contributed by atoms with Crippen molar-refractivity contribution >= 4 is 5.65 Å². The zero-order chi connectivity index (χ0) is 26.3. The van der Waals surface area contributed by atoms with Gasteiger partial charge in [-0.05, 0) is 69.4 Å². The van der Waals surface area contributed by atoms with Crippen LogP contribution >= 0.6 is 0 Å². The fourth-order valence-corrected chi connectivity index (χ4v) is 5.34. The van der Waals surface area contributed by atoms with Crippen molar-refractivity contribution < 1.29 is 13.5 Å². The van der Waals surface area contributed by atoms with E-state index in [4.69, 9.17) is 14.7 Å². The fraction of sp³-hybridized carbons (Fsp3) is 0.379. The van der Waals surface area contributed by atoms with Crippen LogP contribution in [0.4, 0.5) is 8.78 Å². The van der Waals surface area contributed by atoms with Crippen LogP contribution in [-0.4, -0.2) is 25.5 Å². The van der Waals surface area contributed by atoms with Crippen molar-refractivity contribution in [1.82, 2.24) is 19.4 Å². The van der Waals surface area contributed by atoms with Gasteiger partial charge < -0.3 is 4.74 Å². The second-order valence-electron chi connectivity index (χ2n) is 9.71. The largest absolute Gasteiger partial charge is 0.371 e. The monoisotopic (exact) mass is 504 g/mol. The molecule has 3 unspecified atom stereocenters. The molecule has 192 valence electrons. The maximum absolute atomic E-state index is 15.0.